The largest absolute Gasteiger partial charge is 0.353 e. The third-order valence-electron chi connectivity index (χ3n) is 5.74. The maximum absolute atomic E-state index is 12.9. The van der Waals surface area contributed by atoms with Crippen LogP contribution in [0, 0.1) is 5.92 Å². The second-order valence-corrected chi connectivity index (χ2v) is 8.90. The van der Waals surface area contributed by atoms with Crippen LogP contribution in [0.2, 0.25) is 0 Å². The van der Waals surface area contributed by atoms with E-state index in [9.17, 15) is 9.59 Å². The minimum Gasteiger partial charge on any atom is -0.353 e. The Morgan fingerprint density at radius 1 is 0.875 bits per heavy atom. The first-order valence-electron chi connectivity index (χ1n) is 11.6. The Hall–Kier alpha value is -2.70. The van der Waals surface area contributed by atoms with E-state index in [4.69, 9.17) is 0 Å². The first-order valence-corrected chi connectivity index (χ1v) is 11.6. The second-order valence-electron chi connectivity index (χ2n) is 8.90. The highest BCUT2D eigenvalue weighted by atomic mass is 16.2. The maximum Gasteiger partial charge on any atom is 0.247 e. The molecule has 32 heavy (non-hydrogen) atoms. The van der Waals surface area contributed by atoms with Gasteiger partial charge < -0.3 is 10.6 Å². The van der Waals surface area contributed by atoms with Gasteiger partial charge in [-0.15, -0.1) is 0 Å². The van der Waals surface area contributed by atoms with Gasteiger partial charge in [0.1, 0.15) is 6.04 Å². The van der Waals surface area contributed by atoms with Crippen LogP contribution in [0.3, 0.4) is 0 Å². The van der Waals surface area contributed by atoms with Crippen LogP contribution in [0.25, 0.3) is 0 Å². The molecule has 1 atom stereocenters. The van der Waals surface area contributed by atoms with Crippen LogP contribution in [0.1, 0.15) is 37.4 Å². The molecule has 0 spiro atoms. The van der Waals surface area contributed by atoms with Gasteiger partial charge in [0.2, 0.25) is 11.8 Å². The molecule has 0 aliphatic carbocycles. The van der Waals surface area contributed by atoms with Crippen molar-refractivity contribution < 1.29 is 9.59 Å². The normalized spacial score (nSPS) is 16.0. The van der Waals surface area contributed by atoms with Crippen LogP contribution in [-0.4, -0.2) is 60.9 Å². The van der Waals surface area contributed by atoms with E-state index >= 15 is 0 Å². The van der Waals surface area contributed by atoms with Gasteiger partial charge in [0, 0.05) is 52.2 Å². The number of piperazine rings is 1. The molecule has 1 aliphatic rings. The Balaban J connectivity index is 1.44. The highest BCUT2D eigenvalue weighted by Gasteiger charge is 2.23. The van der Waals surface area contributed by atoms with Crippen LogP contribution in [0.4, 0.5) is 0 Å². The third-order valence-corrected chi connectivity index (χ3v) is 5.74. The van der Waals surface area contributed by atoms with Crippen LogP contribution >= 0.6 is 0 Å². The first kappa shape index (κ1) is 24.0. The van der Waals surface area contributed by atoms with Crippen molar-refractivity contribution in [3.8, 4) is 0 Å². The lowest BCUT2D eigenvalue weighted by molar-refractivity contribution is -0.129. The summed E-state index contributed by atoms with van der Waals surface area (Å²) in [6.07, 6.45) is 0.407. The smallest absolute Gasteiger partial charge is 0.247 e. The van der Waals surface area contributed by atoms with Gasteiger partial charge in [-0.25, -0.2) is 0 Å². The highest BCUT2D eigenvalue weighted by Crippen LogP contribution is 2.14. The average molecular weight is 437 g/mol. The van der Waals surface area contributed by atoms with E-state index in [1.807, 2.05) is 50.2 Å². The average Bonchev–Trinajstić information content (AvgIpc) is 2.79. The number of hydrogen-bond donors (Lipinski definition) is 2. The molecule has 1 saturated heterocycles. The fraction of sp³-hybridized carbons (Fsp3) is 0.462. The predicted octanol–water partition coefficient (Wildman–Crippen LogP) is 2.82. The van der Waals surface area contributed by atoms with E-state index in [1.165, 1.54) is 5.56 Å². The maximum atomic E-state index is 12.9. The molecule has 2 aromatic rings. The summed E-state index contributed by atoms with van der Waals surface area (Å²) in [4.78, 5) is 30.1. The van der Waals surface area contributed by atoms with Gasteiger partial charge in [0.15, 0.2) is 0 Å². The summed E-state index contributed by atoms with van der Waals surface area (Å²) in [5, 5.41) is 5.94. The summed E-state index contributed by atoms with van der Waals surface area (Å²) >= 11 is 0. The molecule has 1 unspecified atom stereocenters. The van der Waals surface area contributed by atoms with E-state index in [1.54, 1.807) is 0 Å². The standard InChI is InChI=1S/C26H36N4O2/c1-21(2)19-24(31)28-25(23-11-7-4-8-12-23)26(32)27-13-14-29-15-17-30(18-16-29)20-22-9-5-3-6-10-22/h3-12,21,25H,13-20H2,1-2H3,(H,27,32)(H,28,31). The monoisotopic (exact) mass is 436 g/mol. The molecule has 1 heterocycles. The molecule has 0 radical (unpaired) electrons. The second kappa shape index (κ2) is 12.4. The number of nitrogens with one attached hydrogen (secondary N) is 2. The van der Waals surface area contributed by atoms with Gasteiger partial charge >= 0.3 is 0 Å². The molecule has 1 fully saturated rings. The molecule has 0 saturated carbocycles. The number of carbonyl (C=O) groups is 2. The predicted molar refractivity (Wildman–Crippen MR) is 128 cm³/mol. The number of hydrogen-bond acceptors (Lipinski definition) is 4. The van der Waals surface area contributed by atoms with Crippen molar-refractivity contribution in [2.45, 2.75) is 32.9 Å². The number of amides is 2. The van der Waals surface area contributed by atoms with Gasteiger partial charge in [0.05, 0.1) is 0 Å². The van der Waals surface area contributed by atoms with Gasteiger partial charge in [-0.1, -0.05) is 74.5 Å². The van der Waals surface area contributed by atoms with E-state index in [2.05, 4.69) is 44.7 Å². The Bertz CT molecular complexity index is 833. The summed E-state index contributed by atoms with van der Waals surface area (Å²) in [6.45, 7) is 10.4. The molecule has 6 nitrogen and oxygen atoms in total. The van der Waals surface area contributed by atoms with Crippen molar-refractivity contribution in [2.75, 3.05) is 39.3 Å². The Kier molecular flexibility index (Phi) is 9.26. The zero-order valence-corrected chi connectivity index (χ0v) is 19.3. The lowest BCUT2D eigenvalue weighted by atomic mass is 10.0. The summed E-state index contributed by atoms with van der Waals surface area (Å²) in [6, 6.07) is 19.3. The van der Waals surface area contributed by atoms with Gasteiger partial charge in [0.25, 0.3) is 0 Å². The molecule has 6 heteroatoms. The minimum atomic E-state index is -0.662. The van der Waals surface area contributed by atoms with Crippen LogP contribution in [0.15, 0.2) is 60.7 Å². The summed E-state index contributed by atoms with van der Waals surface area (Å²) in [5.41, 5.74) is 2.15. The Labute approximate surface area is 192 Å². The van der Waals surface area contributed by atoms with Crippen LogP contribution in [0.5, 0.6) is 0 Å². The molecule has 172 valence electrons. The van der Waals surface area contributed by atoms with Gasteiger partial charge in [-0.05, 0) is 17.0 Å². The molecule has 2 aromatic carbocycles. The van der Waals surface area contributed by atoms with Crippen molar-refractivity contribution in [3.05, 3.63) is 71.8 Å². The van der Waals surface area contributed by atoms with Crippen molar-refractivity contribution in [3.63, 3.8) is 0 Å². The molecular formula is C26H36N4O2. The van der Waals surface area contributed by atoms with Crippen molar-refractivity contribution in [1.82, 2.24) is 20.4 Å². The van der Waals surface area contributed by atoms with E-state index in [-0.39, 0.29) is 17.7 Å². The highest BCUT2D eigenvalue weighted by molar-refractivity contribution is 5.88. The fourth-order valence-electron chi connectivity index (χ4n) is 3.99. The van der Waals surface area contributed by atoms with E-state index in [0.29, 0.717) is 13.0 Å². The van der Waals surface area contributed by atoms with E-state index < -0.39 is 6.04 Å². The SMILES string of the molecule is CC(C)CC(=O)NC(C(=O)NCCN1CCN(Cc2ccccc2)CC1)c1ccccc1. The number of nitrogens with zero attached hydrogens (tertiary/aromatic N) is 2. The topological polar surface area (TPSA) is 64.7 Å². The molecular weight excluding hydrogens is 400 g/mol. The fourth-order valence-corrected chi connectivity index (χ4v) is 3.99. The third kappa shape index (κ3) is 7.77. The molecule has 3 rings (SSSR count). The van der Waals surface area contributed by atoms with Crippen LogP contribution in [-0.2, 0) is 16.1 Å². The molecule has 2 amide bonds. The minimum absolute atomic E-state index is 0.0986. The molecule has 2 N–H and O–H groups in total. The van der Waals surface area contributed by atoms with Crippen molar-refractivity contribution in [1.29, 1.82) is 0 Å². The molecule has 1 aliphatic heterocycles. The number of carbonyl (C=O) groups excluding carboxylic acids is 2. The van der Waals surface area contributed by atoms with Crippen molar-refractivity contribution in [2.24, 2.45) is 5.92 Å². The summed E-state index contributed by atoms with van der Waals surface area (Å²) < 4.78 is 0. The lowest BCUT2D eigenvalue weighted by Crippen LogP contribution is -2.49. The molecule has 0 aromatic heterocycles. The lowest BCUT2D eigenvalue weighted by Gasteiger charge is -2.34. The zero-order valence-electron chi connectivity index (χ0n) is 19.3. The summed E-state index contributed by atoms with van der Waals surface area (Å²) in [7, 11) is 0. The van der Waals surface area contributed by atoms with Crippen LogP contribution < -0.4 is 10.6 Å². The van der Waals surface area contributed by atoms with Crippen molar-refractivity contribution >= 4 is 11.8 Å². The van der Waals surface area contributed by atoms with Gasteiger partial charge in [-0.3, -0.25) is 19.4 Å². The Morgan fingerprint density at radius 3 is 2.09 bits per heavy atom. The number of benzene rings is 2. The first-order chi connectivity index (χ1) is 15.5. The van der Waals surface area contributed by atoms with Gasteiger partial charge in [-0.2, -0.15) is 0 Å². The number of rotatable bonds is 10. The quantitative estimate of drug-likeness (QED) is 0.601. The zero-order chi connectivity index (χ0) is 22.8. The Morgan fingerprint density at radius 2 is 1.47 bits per heavy atom. The molecule has 0 bridgehead atoms. The summed E-state index contributed by atoms with van der Waals surface area (Å²) in [5.74, 6) is -0.00963. The van der Waals surface area contributed by atoms with E-state index in [0.717, 1.165) is 44.8 Å².